The molecule has 4 rings (SSSR count). The number of rotatable bonds is 4. The van der Waals surface area contributed by atoms with Gasteiger partial charge in [-0.15, -0.1) is 0 Å². The molecule has 2 aromatic rings. The van der Waals surface area contributed by atoms with E-state index in [4.69, 9.17) is 0 Å². The van der Waals surface area contributed by atoms with Crippen LogP contribution in [0, 0.1) is 0 Å². The summed E-state index contributed by atoms with van der Waals surface area (Å²) in [7, 11) is 0. The molecule has 1 aliphatic carbocycles. The first-order valence-corrected chi connectivity index (χ1v) is 9.27. The number of benzene rings is 1. The molecule has 1 saturated heterocycles. The van der Waals surface area contributed by atoms with Crippen molar-refractivity contribution in [3.63, 3.8) is 0 Å². The highest BCUT2D eigenvalue weighted by molar-refractivity contribution is 5.77. The van der Waals surface area contributed by atoms with Crippen LogP contribution in [0.4, 0.5) is 0 Å². The SMILES string of the molecule is O=C(CC1(O)CCCC1)N1CCN(Cc2nc3ccccc3[nH]2)CC1. The van der Waals surface area contributed by atoms with Gasteiger partial charge in [0.2, 0.25) is 5.91 Å². The number of aromatic amines is 1. The average molecular weight is 342 g/mol. The third kappa shape index (κ3) is 3.70. The minimum atomic E-state index is -0.748. The summed E-state index contributed by atoms with van der Waals surface area (Å²) in [5.41, 5.74) is 1.31. The lowest BCUT2D eigenvalue weighted by atomic mass is 9.97. The van der Waals surface area contributed by atoms with Crippen molar-refractivity contribution in [2.24, 2.45) is 0 Å². The van der Waals surface area contributed by atoms with Crippen LogP contribution in [0.3, 0.4) is 0 Å². The Bertz CT molecular complexity index is 710. The molecule has 1 aliphatic heterocycles. The summed E-state index contributed by atoms with van der Waals surface area (Å²) in [6.45, 7) is 3.94. The highest BCUT2D eigenvalue weighted by Gasteiger charge is 2.35. The number of aromatic nitrogens is 2. The third-order valence-electron chi connectivity index (χ3n) is 5.55. The Balaban J connectivity index is 1.29. The Morgan fingerprint density at radius 1 is 1.16 bits per heavy atom. The fraction of sp³-hybridized carbons (Fsp3) is 0.579. The molecular formula is C19H26N4O2. The third-order valence-corrected chi connectivity index (χ3v) is 5.55. The van der Waals surface area contributed by atoms with Crippen LogP contribution in [0.2, 0.25) is 0 Å². The summed E-state index contributed by atoms with van der Waals surface area (Å²) < 4.78 is 0. The Labute approximate surface area is 147 Å². The molecule has 6 nitrogen and oxygen atoms in total. The normalized spacial score (nSPS) is 21.1. The average Bonchev–Trinajstić information content (AvgIpc) is 3.21. The molecule has 0 radical (unpaired) electrons. The van der Waals surface area contributed by atoms with Crippen LogP contribution in [-0.4, -0.2) is 62.6 Å². The van der Waals surface area contributed by atoms with Crippen molar-refractivity contribution in [2.75, 3.05) is 26.2 Å². The van der Waals surface area contributed by atoms with Gasteiger partial charge < -0.3 is 15.0 Å². The molecule has 1 aromatic heterocycles. The molecule has 2 N–H and O–H groups in total. The standard InChI is InChI=1S/C19H26N4O2/c24-18(13-19(25)7-3-4-8-19)23-11-9-22(10-12-23)14-17-20-15-5-1-2-6-16(15)21-17/h1-2,5-6,25H,3-4,7-14H2,(H,20,21). The number of para-hydroxylation sites is 2. The summed E-state index contributed by atoms with van der Waals surface area (Å²) in [5.74, 6) is 1.08. The molecule has 1 amide bonds. The van der Waals surface area contributed by atoms with Gasteiger partial charge in [0.05, 0.1) is 29.6 Å². The van der Waals surface area contributed by atoms with E-state index in [1.807, 2.05) is 29.2 Å². The van der Waals surface area contributed by atoms with Crippen LogP contribution in [-0.2, 0) is 11.3 Å². The first-order valence-electron chi connectivity index (χ1n) is 9.27. The zero-order chi connectivity index (χ0) is 17.3. The minimum Gasteiger partial charge on any atom is -0.389 e. The molecular weight excluding hydrogens is 316 g/mol. The van der Waals surface area contributed by atoms with Crippen molar-refractivity contribution < 1.29 is 9.90 Å². The van der Waals surface area contributed by atoms with E-state index in [1.165, 1.54) is 0 Å². The summed E-state index contributed by atoms with van der Waals surface area (Å²) >= 11 is 0. The Kier molecular flexibility index (Phi) is 4.48. The zero-order valence-corrected chi connectivity index (χ0v) is 14.6. The van der Waals surface area contributed by atoms with Gasteiger partial charge in [0, 0.05) is 26.2 Å². The van der Waals surface area contributed by atoms with Gasteiger partial charge in [-0.05, 0) is 25.0 Å². The van der Waals surface area contributed by atoms with Gasteiger partial charge in [-0.1, -0.05) is 25.0 Å². The van der Waals surface area contributed by atoms with Crippen LogP contribution in [0.15, 0.2) is 24.3 Å². The first kappa shape index (κ1) is 16.5. The summed E-state index contributed by atoms with van der Waals surface area (Å²) in [5, 5.41) is 10.4. The fourth-order valence-corrected chi connectivity index (χ4v) is 4.05. The van der Waals surface area contributed by atoms with E-state index in [0.29, 0.717) is 0 Å². The van der Waals surface area contributed by atoms with E-state index in [1.54, 1.807) is 0 Å². The maximum atomic E-state index is 12.5. The monoisotopic (exact) mass is 342 g/mol. The number of piperazine rings is 1. The van der Waals surface area contributed by atoms with Crippen LogP contribution in [0.25, 0.3) is 11.0 Å². The second-order valence-electron chi connectivity index (χ2n) is 7.47. The van der Waals surface area contributed by atoms with Crippen molar-refractivity contribution in [3.05, 3.63) is 30.1 Å². The van der Waals surface area contributed by atoms with E-state index in [-0.39, 0.29) is 12.3 Å². The van der Waals surface area contributed by atoms with E-state index >= 15 is 0 Å². The van der Waals surface area contributed by atoms with E-state index in [0.717, 1.165) is 75.3 Å². The molecule has 1 aromatic carbocycles. The predicted octanol–water partition coefficient (Wildman–Crippen LogP) is 1.90. The van der Waals surface area contributed by atoms with Crippen molar-refractivity contribution in [3.8, 4) is 0 Å². The molecule has 2 aliphatic rings. The van der Waals surface area contributed by atoms with Gasteiger partial charge in [0.15, 0.2) is 0 Å². The van der Waals surface area contributed by atoms with E-state index in [2.05, 4.69) is 14.9 Å². The van der Waals surface area contributed by atoms with Gasteiger partial charge in [-0.2, -0.15) is 0 Å². The van der Waals surface area contributed by atoms with Crippen molar-refractivity contribution >= 4 is 16.9 Å². The van der Waals surface area contributed by atoms with Crippen molar-refractivity contribution in [1.82, 2.24) is 19.8 Å². The smallest absolute Gasteiger partial charge is 0.225 e. The quantitative estimate of drug-likeness (QED) is 0.890. The lowest BCUT2D eigenvalue weighted by molar-refractivity contribution is -0.138. The highest BCUT2D eigenvalue weighted by Crippen LogP contribution is 2.32. The molecule has 6 heteroatoms. The second-order valence-corrected chi connectivity index (χ2v) is 7.47. The number of amides is 1. The number of fused-ring (bicyclic) bond motifs is 1. The number of imidazole rings is 1. The number of hydrogen-bond acceptors (Lipinski definition) is 4. The molecule has 0 bridgehead atoms. The molecule has 2 heterocycles. The highest BCUT2D eigenvalue weighted by atomic mass is 16.3. The van der Waals surface area contributed by atoms with Gasteiger partial charge >= 0.3 is 0 Å². The molecule has 134 valence electrons. The lowest BCUT2D eigenvalue weighted by Gasteiger charge is -2.35. The zero-order valence-electron chi connectivity index (χ0n) is 14.6. The predicted molar refractivity (Wildman–Crippen MR) is 96.0 cm³/mol. The van der Waals surface area contributed by atoms with Gasteiger partial charge in [0.1, 0.15) is 5.82 Å². The van der Waals surface area contributed by atoms with E-state index in [9.17, 15) is 9.90 Å². The van der Waals surface area contributed by atoms with Gasteiger partial charge in [0.25, 0.3) is 0 Å². The number of H-pyrrole nitrogens is 1. The first-order chi connectivity index (χ1) is 12.1. The Morgan fingerprint density at radius 3 is 2.60 bits per heavy atom. The molecule has 2 fully saturated rings. The minimum absolute atomic E-state index is 0.104. The second kappa shape index (κ2) is 6.77. The molecule has 0 atom stereocenters. The van der Waals surface area contributed by atoms with Crippen molar-refractivity contribution in [1.29, 1.82) is 0 Å². The number of nitrogens with zero attached hydrogens (tertiary/aromatic N) is 3. The number of aliphatic hydroxyl groups is 1. The number of hydrogen-bond donors (Lipinski definition) is 2. The maximum absolute atomic E-state index is 12.5. The summed E-state index contributed by atoms with van der Waals surface area (Å²) in [6.07, 6.45) is 3.90. The largest absolute Gasteiger partial charge is 0.389 e. The van der Waals surface area contributed by atoms with Crippen LogP contribution >= 0.6 is 0 Å². The molecule has 25 heavy (non-hydrogen) atoms. The van der Waals surface area contributed by atoms with E-state index < -0.39 is 5.60 Å². The lowest BCUT2D eigenvalue weighted by Crippen LogP contribution is -2.49. The van der Waals surface area contributed by atoms with Crippen LogP contribution < -0.4 is 0 Å². The molecule has 0 spiro atoms. The number of carbonyl (C=O) groups excluding carboxylic acids is 1. The Morgan fingerprint density at radius 2 is 1.88 bits per heavy atom. The topological polar surface area (TPSA) is 72.5 Å². The fourth-order valence-electron chi connectivity index (χ4n) is 4.05. The van der Waals surface area contributed by atoms with Crippen LogP contribution in [0.1, 0.15) is 37.9 Å². The Hall–Kier alpha value is -1.92. The summed E-state index contributed by atoms with van der Waals surface area (Å²) in [4.78, 5) is 24.7. The van der Waals surface area contributed by atoms with Crippen LogP contribution in [0.5, 0.6) is 0 Å². The number of carbonyl (C=O) groups is 1. The summed E-state index contributed by atoms with van der Waals surface area (Å²) in [6, 6.07) is 8.05. The number of nitrogens with one attached hydrogen (secondary N) is 1. The molecule has 0 unspecified atom stereocenters. The maximum Gasteiger partial charge on any atom is 0.225 e. The van der Waals surface area contributed by atoms with Gasteiger partial charge in [-0.25, -0.2) is 4.98 Å². The van der Waals surface area contributed by atoms with Gasteiger partial charge in [-0.3, -0.25) is 9.69 Å². The van der Waals surface area contributed by atoms with Crippen molar-refractivity contribution in [2.45, 2.75) is 44.2 Å². The molecule has 1 saturated carbocycles.